The van der Waals surface area contributed by atoms with Crippen LogP contribution in [0.3, 0.4) is 0 Å². The fourth-order valence-electron chi connectivity index (χ4n) is 4.16. The van der Waals surface area contributed by atoms with Crippen molar-refractivity contribution >= 4 is 17.4 Å². The Morgan fingerprint density at radius 2 is 1.93 bits per heavy atom. The van der Waals surface area contributed by atoms with Crippen LogP contribution in [0.2, 0.25) is 0 Å². The Labute approximate surface area is 174 Å². The van der Waals surface area contributed by atoms with E-state index in [0.29, 0.717) is 24.1 Å². The molecule has 0 bridgehead atoms. The van der Waals surface area contributed by atoms with Crippen molar-refractivity contribution in [3.63, 3.8) is 0 Å². The Balaban J connectivity index is 1.82. The average Bonchev–Trinajstić information content (AvgIpc) is 3.22. The lowest BCUT2D eigenvalue weighted by Gasteiger charge is -2.25. The summed E-state index contributed by atoms with van der Waals surface area (Å²) in [6.45, 7) is 4.35. The number of rotatable bonds is 5. The van der Waals surface area contributed by atoms with Crippen molar-refractivity contribution in [3.8, 4) is 5.75 Å². The molecule has 2 heterocycles. The molecule has 2 aromatic carbocycles. The summed E-state index contributed by atoms with van der Waals surface area (Å²) in [6.07, 6.45) is 2.33. The van der Waals surface area contributed by atoms with Crippen LogP contribution < -0.4 is 4.74 Å². The van der Waals surface area contributed by atoms with E-state index in [1.54, 1.807) is 30.3 Å². The predicted molar refractivity (Wildman–Crippen MR) is 111 cm³/mol. The standard InChI is InChI=1S/C24H24FNO4/c1-3-4-11-26-21(15-5-8-18(25)9-6-15)20(23(28)24(26)29)22(27)16-7-10-19-17(13-16)12-14(2)30-19/h5-10,13-14,21,27H,3-4,11-12H2,1-2H3/b22-20-. The number of aliphatic hydroxyl groups is 1. The van der Waals surface area contributed by atoms with Crippen molar-refractivity contribution in [1.82, 2.24) is 4.90 Å². The molecular weight excluding hydrogens is 385 g/mol. The van der Waals surface area contributed by atoms with Crippen LogP contribution in [0.1, 0.15) is 49.4 Å². The molecule has 0 aliphatic carbocycles. The fourth-order valence-corrected chi connectivity index (χ4v) is 4.16. The van der Waals surface area contributed by atoms with Crippen LogP contribution in [0.5, 0.6) is 5.75 Å². The topological polar surface area (TPSA) is 66.8 Å². The van der Waals surface area contributed by atoms with Gasteiger partial charge < -0.3 is 14.7 Å². The molecule has 1 fully saturated rings. The zero-order valence-corrected chi connectivity index (χ0v) is 17.0. The predicted octanol–water partition coefficient (Wildman–Crippen LogP) is 4.37. The van der Waals surface area contributed by atoms with Crippen LogP contribution >= 0.6 is 0 Å². The number of carbonyl (C=O) groups is 2. The third-order valence-electron chi connectivity index (χ3n) is 5.65. The minimum absolute atomic E-state index is 0.0367. The summed E-state index contributed by atoms with van der Waals surface area (Å²) < 4.78 is 19.2. The van der Waals surface area contributed by atoms with E-state index in [-0.39, 0.29) is 17.4 Å². The molecule has 4 rings (SSSR count). The summed E-state index contributed by atoms with van der Waals surface area (Å²) in [5.41, 5.74) is 2.04. The maximum atomic E-state index is 13.5. The highest BCUT2D eigenvalue weighted by Crippen LogP contribution is 2.40. The van der Waals surface area contributed by atoms with Crippen LogP contribution in [-0.4, -0.2) is 34.3 Å². The van der Waals surface area contributed by atoms with Gasteiger partial charge in [0.05, 0.1) is 11.6 Å². The van der Waals surface area contributed by atoms with E-state index < -0.39 is 23.5 Å². The number of Topliss-reactive ketones (excluding diaryl/α,β-unsaturated/α-hetero) is 1. The molecule has 1 amide bonds. The molecule has 156 valence electrons. The summed E-state index contributed by atoms with van der Waals surface area (Å²) in [7, 11) is 0. The molecule has 2 aliphatic heterocycles. The number of ketones is 1. The van der Waals surface area contributed by atoms with Gasteiger partial charge in [-0.3, -0.25) is 9.59 Å². The average molecular weight is 409 g/mol. The molecule has 1 saturated heterocycles. The van der Waals surface area contributed by atoms with E-state index in [4.69, 9.17) is 4.74 Å². The van der Waals surface area contributed by atoms with Crippen molar-refractivity contribution in [3.05, 3.63) is 70.5 Å². The number of carbonyl (C=O) groups excluding carboxylic acids is 2. The Bertz CT molecular complexity index is 1030. The molecule has 2 atom stereocenters. The van der Waals surface area contributed by atoms with Crippen molar-refractivity contribution in [2.45, 2.75) is 45.3 Å². The first-order chi connectivity index (χ1) is 14.4. The number of aliphatic hydroxyl groups excluding tert-OH is 1. The summed E-state index contributed by atoms with van der Waals surface area (Å²) in [6, 6.07) is 10.2. The largest absolute Gasteiger partial charge is 0.507 e. The summed E-state index contributed by atoms with van der Waals surface area (Å²) >= 11 is 0. The Morgan fingerprint density at radius 1 is 1.20 bits per heavy atom. The van der Waals surface area contributed by atoms with E-state index in [1.807, 2.05) is 13.8 Å². The summed E-state index contributed by atoms with van der Waals surface area (Å²) in [4.78, 5) is 27.2. The molecule has 0 radical (unpaired) electrons. The molecule has 0 saturated carbocycles. The van der Waals surface area contributed by atoms with Gasteiger partial charge in [-0.15, -0.1) is 0 Å². The molecule has 0 spiro atoms. The highest BCUT2D eigenvalue weighted by molar-refractivity contribution is 6.46. The smallest absolute Gasteiger partial charge is 0.295 e. The molecule has 5 nitrogen and oxygen atoms in total. The maximum absolute atomic E-state index is 13.5. The van der Waals surface area contributed by atoms with Crippen molar-refractivity contribution in [1.29, 1.82) is 0 Å². The van der Waals surface area contributed by atoms with Gasteiger partial charge in [-0.25, -0.2) is 4.39 Å². The number of hydrogen-bond acceptors (Lipinski definition) is 4. The van der Waals surface area contributed by atoms with Crippen molar-refractivity contribution in [2.24, 2.45) is 0 Å². The molecule has 1 N–H and O–H groups in total. The normalized spacial score (nSPS) is 22.3. The third kappa shape index (κ3) is 3.47. The van der Waals surface area contributed by atoms with Gasteiger partial charge in [-0.1, -0.05) is 25.5 Å². The van der Waals surface area contributed by atoms with Gasteiger partial charge in [0, 0.05) is 18.5 Å². The first kappa shape index (κ1) is 20.1. The minimum Gasteiger partial charge on any atom is -0.507 e. The van der Waals surface area contributed by atoms with E-state index in [9.17, 15) is 19.1 Å². The van der Waals surface area contributed by atoms with Crippen molar-refractivity contribution < 1.29 is 23.8 Å². The second kappa shape index (κ2) is 7.94. The summed E-state index contributed by atoms with van der Waals surface area (Å²) in [5.74, 6) is -1.22. The number of benzene rings is 2. The highest BCUT2D eigenvalue weighted by atomic mass is 19.1. The Kier molecular flexibility index (Phi) is 5.33. The first-order valence-corrected chi connectivity index (χ1v) is 10.2. The SMILES string of the molecule is CCCCN1C(=O)C(=O)/C(=C(\O)c2ccc3c(c2)CC(C)O3)C1c1ccc(F)cc1. The number of amides is 1. The van der Waals surface area contributed by atoms with Gasteiger partial charge >= 0.3 is 0 Å². The minimum atomic E-state index is -0.749. The van der Waals surface area contributed by atoms with Gasteiger partial charge in [0.15, 0.2) is 0 Å². The molecule has 0 aromatic heterocycles. The molecule has 6 heteroatoms. The van der Waals surface area contributed by atoms with Crippen LogP contribution in [0.15, 0.2) is 48.0 Å². The number of hydrogen-bond donors (Lipinski definition) is 1. The zero-order chi connectivity index (χ0) is 21.4. The first-order valence-electron chi connectivity index (χ1n) is 10.2. The van der Waals surface area contributed by atoms with Crippen LogP contribution in [0.25, 0.3) is 5.76 Å². The highest BCUT2D eigenvalue weighted by Gasteiger charge is 2.45. The second-order valence-electron chi connectivity index (χ2n) is 7.85. The lowest BCUT2D eigenvalue weighted by atomic mass is 9.94. The molecular formula is C24H24FNO4. The summed E-state index contributed by atoms with van der Waals surface area (Å²) in [5, 5.41) is 11.1. The number of fused-ring (bicyclic) bond motifs is 1. The monoisotopic (exact) mass is 409 g/mol. The van der Waals surface area contributed by atoms with Crippen LogP contribution in [0.4, 0.5) is 4.39 Å². The fraction of sp³-hybridized carbons (Fsp3) is 0.333. The van der Waals surface area contributed by atoms with Gasteiger partial charge in [-0.05, 0) is 54.8 Å². The third-order valence-corrected chi connectivity index (χ3v) is 5.65. The lowest BCUT2D eigenvalue weighted by molar-refractivity contribution is -0.139. The van der Waals surface area contributed by atoms with Gasteiger partial charge in [0.1, 0.15) is 23.4 Å². The Hall–Kier alpha value is -3.15. The van der Waals surface area contributed by atoms with E-state index in [1.165, 1.54) is 17.0 Å². The lowest BCUT2D eigenvalue weighted by Crippen LogP contribution is -2.30. The van der Waals surface area contributed by atoms with E-state index in [0.717, 1.165) is 24.2 Å². The molecule has 2 aliphatic rings. The van der Waals surface area contributed by atoms with E-state index in [2.05, 4.69) is 0 Å². The number of nitrogens with zero attached hydrogens (tertiary/aromatic N) is 1. The maximum Gasteiger partial charge on any atom is 0.295 e. The Morgan fingerprint density at radius 3 is 2.63 bits per heavy atom. The van der Waals surface area contributed by atoms with Gasteiger partial charge in [0.25, 0.3) is 11.7 Å². The molecule has 2 aromatic rings. The van der Waals surface area contributed by atoms with Gasteiger partial charge in [0.2, 0.25) is 0 Å². The van der Waals surface area contributed by atoms with Crippen LogP contribution in [-0.2, 0) is 16.0 Å². The number of ether oxygens (including phenoxy) is 1. The second-order valence-corrected chi connectivity index (χ2v) is 7.85. The van der Waals surface area contributed by atoms with E-state index >= 15 is 0 Å². The number of likely N-dealkylation sites (tertiary alicyclic amines) is 1. The quantitative estimate of drug-likeness (QED) is 0.452. The molecule has 2 unspecified atom stereocenters. The zero-order valence-electron chi connectivity index (χ0n) is 17.0. The number of unbranched alkanes of at least 4 members (excludes halogenated alkanes) is 1. The van der Waals surface area contributed by atoms with Crippen LogP contribution in [0, 0.1) is 5.82 Å². The molecule has 30 heavy (non-hydrogen) atoms. The number of halogens is 1. The van der Waals surface area contributed by atoms with Crippen molar-refractivity contribution in [2.75, 3.05) is 6.54 Å². The van der Waals surface area contributed by atoms with Gasteiger partial charge in [-0.2, -0.15) is 0 Å².